The first-order chi connectivity index (χ1) is 14.6. The second-order valence-corrected chi connectivity index (χ2v) is 6.41. The lowest BCUT2D eigenvalue weighted by Crippen LogP contribution is -2.28. The highest BCUT2D eigenvalue weighted by atomic mass is 16.5. The van der Waals surface area contributed by atoms with E-state index in [1.165, 1.54) is 6.07 Å². The molecular formula is C24H21NO5. The third-order valence-corrected chi connectivity index (χ3v) is 4.43. The summed E-state index contributed by atoms with van der Waals surface area (Å²) >= 11 is 0. The second-order valence-electron chi connectivity index (χ2n) is 6.41. The smallest absolute Gasteiger partial charge is 0.339 e. The van der Waals surface area contributed by atoms with Crippen LogP contribution in [0.15, 0.2) is 78.9 Å². The van der Waals surface area contributed by atoms with E-state index in [1.54, 1.807) is 61.7 Å². The van der Waals surface area contributed by atoms with Gasteiger partial charge in [0.05, 0.1) is 12.7 Å². The highest BCUT2D eigenvalue weighted by Crippen LogP contribution is 2.17. The highest BCUT2D eigenvalue weighted by molar-refractivity contribution is 6.14. The molecule has 0 atom stereocenters. The average Bonchev–Trinajstić information content (AvgIpc) is 2.81. The minimum absolute atomic E-state index is 0.115. The van der Waals surface area contributed by atoms with Crippen molar-refractivity contribution >= 4 is 17.7 Å². The maximum atomic E-state index is 12.7. The summed E-state index contributed by atoms with van der Waals surface area (Å²) in [7, 11) is 1.55. The Balaban J connectivity index is 1.61. The Hall–Kier alpha value is -3.93. The van der Waals surface area contributed by atoms with E-state index in [1.807, 2.05) is 18.2 Å². The molecule has 6 heteroatoms. The van der Waals surface area contributed by atoms with Crippen LogP contribution in [0.2, 0.25) is 0 Å². The molecule has 152 valence electrons. The molecule has 1 amide bonds. The molecule has 0 saturated carbocycles. The van der Waals surface area contributed by atoms with Crippen molar-refractivity contribution < 1.29 is 23.9 Å². The lowest BCUT2D eigenvalue weighted by Gasteiger charge is -2.11. The summed E-state index contributed by atoms with van der Waals surface area (Å²) in [6.45, 7) is -0.217. The molecule has 3 aromatic rings. The first kappa shape index (κ1) is 20.8. The van der Waals surface area contributed by atoms with Crippen LogP contribution in [-0.2, 0) is 16.1 Å². The molecule has 6 nitrogen and oxygen atoms in total. The molecule has 0 aromatic heterocycles. The van der Waals surface area contributed by atoms with E-state index in [-0.39, 0.29) is 23.5 Å². The maximum absolute atomic E-state index is 12.7. The van der Waals surface area contributed by atoms with Gasteiger partial charge in [-0.1, -0.05) is 66.7 Å². The Bertz CT molecular complexity index is 1050. The summed E-state index contributed by atoms with van der Waals surface area (Å²) in [4.78, 5) is 37.3. The van der Waals surface area contributed by atoms with Gasteiger partial charge >= 0.3 is 5.97 Å². The van der Waals surface area contributed by atoms with Gasteiger partial charge in [0.1, 0.15) is 5.75 Å². The van der Waals surface area contributed by atoms with Gasteiger partial charge in [0, 0.05) is 23.2 Å². The summed E-state index contributed by atoms with van der Waals surface area (Å²) in [5.74, 6) is -0.824. The van der Waals surface area contributed by atoms with Crippen LogP contribution in [0.3, 0.4) is 0 Å². The van der Waals surface area contributed by atoms with E-state index in [4.69, 9.17) is 9.47 Å². The first-order valence-corrected chi connectivity index (χ1v) is 9.34. The number of benzene rings is 3. The van der Waals surface area contributed by atoms with Gasteiger partial charge in [0.25, 0.3) is 5.91 Å². The van der Waals surface area contributed by atoms with Crippen LogP contribution in [0.4, 0.5) is 0 Å². The average molecular weight is 403 g/mol. The number of para-hydroxylation sites is 1. The fourth-order valence-electron chi connectivity index (χ4n) is 2.91. The van der Waals surface area contributed by atoms with Crippen LogP contribution in [0, 0.1) is 0 Å². The van der Waals surface area contributed by atoms with Crippen molar-refractivity contribution in [2.45, 2.75) is 6.54 Å². The molecule has 0 aliphatic carbocycles. The third kappa shape index (κ3) is 5.11. The second kappa shape index (κ2) is 10.0. The van der Waals surface area contributed by atoms with Crippen molar-refractivity contribution in [1.82, 2.24) is 5.32 Å². The molecule has 0 aliphatic heterocycles. The van der Waals surface area contributed by atoms with Crippen LogP contribution in [0.25, 0.3) is 0 Å². The zero-order chi connectivity index (χ0) is 21.3. The normalized spacial score (nSPS) is 10.2. The van der Waals surface area contributed by atoms with Gasteiger partial charge in [0.15, 0.2) is 12.4 Å². The molecule has 1 N–H and O–H groups in total. The molecule has 0 aliphatic rings. The summed E-state index contributed by atoms with van der Waals surface area (Å²) in [6, 6.07) is 22.3. The number of ketones is 1. The van der Waals surface area contributed by atoms with Gasteiger partial charge in [0.2, 0.25) is 0 Å². The number of carbonyl (C=O) groups excluding carboxylic acids is 3. The zero-order valence-electron chi connectivity index (χ0n) is 16.5. The molecule has 0 radical (unpaired) electrons. The molecule has 0 spiro atoms. The number of nitrogens with one attached hydrogen (secondary N) is 1. The van der Waals surface area contributed by atoms with Gasteiger partial charge in [-0.2, -0.15) is 0 Å². The van der Waals surface area contributed by atoms with Gasteiger partial charge in [-0.25, -0.2) is 4.79 Å². The van der Waals surface area contributed by atoms with E-state index < -0.39 is 18.5 Å². The molecule has 30 heavy (non-hydrogen) atoms. The molecule has 3 aromatic carbocycles. The fourth-order valence-corrected chi connectivity index (χ4v) is 2.91. The van der Waals surface area contributed by atoms with Crippen molar-refractivity contribution in [2.24, 2.45) is 0 Å². The van der Waals surface area contributed by atoms with Crippen LogP contribution in [0.5, 0.6) is 5.75 Å². The van der Waals surface area contributed by atoms with Crippen LogP contribution in [0.1, 0.15) is 31.8 Å². The number of hydrogen-bond donors (Lipinski definition) is 1. The van der Waals surface area contributed by atoms with E-state index in [9.17, 15) is 14.4 Å². The van der Waals surface area contributed by atoms with Crippen LogP contribution >= 0.6 is 0 Å². The Kier molecular flexibility index (Phi) is 6.95. The van der Waals surface area contributed by atoms with E-state index in [2.05, 4.69) is 5.32 Å². The summed E-state index contributed by atoms with van der Waals surface area (Å²) in [5.41, 5.74) is 1.61. The predicted molar refractivity (Wildman–Crippen MR) is 111 cm³/mol. The number of hydrogen-bond acceptors (Lipinski definition) is 5. The quantitative estimate of drug-likeness (QED) is 0.461. The molecule has 0 heterocycles. The van der Waals surface area contributed by atoms with Crippen molar-refractivity contribution in [3.63, 3.8) is 0 Å². The van der Waals surface area contributed by atoms with Crippen molar-refractivity contribution in [2.75, 3.05) is 13.7 Å². The zero-order valence-corrected chi connectivity index (χ0v) is 16.5. The SMILES string of the molecule is COc1ccccc1CNC(=O)COC(=O)c1ccccc1C(=O)c1ccccc1. The molecule has 0 unspecified atom stereocenters. The summed E-state index contributed by atoms with van der Waals surface area (Å²) in [5, 5.41) is 2.68. The van der Waals surface area contributed by atoms with Gasteiger partial charge < -0.3 is 14.8 Å². The Morgan fingerprint density at radius 2 is 1.43 bits per heavy atom. The molecular weight excluding hydrogens is 382 g/mol. The molecule has 0 saturated heterocycles. The van der Waals surface area contributed by atoms with Crippen molar-refractivity contribution in [1.29, 1.82) is 0 Å². The Labute approximate surface area is 174 Å². The number of carbonyl (C=O) groups is 3. The van der Waals surface area contributed by atoms with Gasteiger partial charge in [-0.3, -0.25) is 9.59 Å². The van der Waals surface area contributed by atoms with Crippen molar-refractivity contribution in [3.05, 3.63) is 101 Å². The first-order valence-electron chi connectivity index (χ1n) is 9.34. The number of methoxy groups -OCH3 is 1. The van der Waals surface area contributed by atoms with Gasteiger partial charge in [-0.05, 0) is 12.1 Å². The largest absolute Gasteiger partial charge is 0.496 e. The highest BCUT2D eigenvalue weighted by Gasteiger charge is 2.19. The fraction of sp³-hybridized carbons (Fsp3) is 0.125. The number of rotatable bonds is 8. The van der Waals surface area contributed by atoms with E-state index in [0.29, 0.717) is 11.3 Å². The van der Waals surface area contributed by atoms with Crippen LogP contribution in [-0.4, -0.2) is 31.4 Å². The minimum Gasteiger partial charge on any atom is -0.496 e. The molecule has 0 bridgehead atoms. The predicted octanol–water partition coefficient (Wildman–Crippen LogP) is 3.40. The van der Waals surface area contributed by atoms with Crippen LogP contribution < -0.4 is 10.1 Å². The van der Waals surface area contributed by atoms with E-state index in [0.717, 1.165) is 5.56 Å². The summed E-state index contributed by atoms with van der Waals surface area (Å²) < 4.78 is 10.4. The Morgan fingerprint density at radius 3 is 2.17 bits per heavy atom. The monoisotopic (exact) mass is 403 g/mol. The number of esters is 1. The molecule has 0 fully saturated rings. The number of amides is 1. The lowest BCUT2D eigenvalue weighted by molar-refractivity contribution is -0.124. The number of ether oxygens (including phenoxy) is 2. The molecule has 3 rings (SSSR count). The lowest BCUT2D eigenvalue weighted by atomic mass is 9.98. The third-order valence-electron chi connectivity index (χ3n) is 4.43. The Morgan fingerprint density at radius 1 is 0.800 bits per heavy atom. The van der Waals surface area contributed by atoms with E-state index >= 15 is 0 Å². The van der Waals surface area contributed by atoms with Gasteiger partial charge in [-0.15, -0.1) is 0 Å². The topological polar surface area (TPSA) is 81.7 Å². The van der Waals surface area contributed by atoms with Crippen molar-refractivity contribution in [3.8, 4) is 5.75 Å². The standard InChI is InChI=1S/C24H21NO5/c1-29-21-14-8-5-11-18(21)15-25-22(26)16-30-24(28)20-13-7-6-12-19(20)23(27)17-9-3-2-4-10-17/h2-14H,15-16H2,1H3,(H,25,26). The minimum atomic E-state index is -0.734. The summed E-state index contributed by atoms with van der Waals surface area (Å²) in [6.07, 6.45) is 0. The maximum Gasteiger partial charge on any atom is 0.339 e.